The average Bonchev–Trinajstić information content (AvgIpc) is 2.87. The summed E-state index contributed by atoms with van der Waals surface area (Å²) in [6.07, 6.45) is 1.97. The van der Waals surface area contributed by atoms with Crippen LogP contribution in [0.15, 0.2) is 59.5 Å². The van der Waals surface area contributed by atoms with E-state index in [0.717, 1.165) is 22.3 Å². The van der Waals surface area contributed by atoms with E-state index in [0.29, 0.717) is 22.7 Å². The Bertz CT molecular complexity index is 1400. The smallest absolute Gasteiger partial charge is 0.251 e. The molecule has 0 bridgehead atoms. The van der Waals surface area contributed by atoms with Gasteiger partial charge >= 0.3 is 0 Å². The van der Waals surface area contributed by atoms with Gasteiger partial charge in [0.15, 0.2) is 0 Å². The van der Waals surface area contributed by atoms with Gasteiger partial charge in [0.2, 0.25) is 11.8 Å². The number of benzene rings is 2. The monoisotopic (exact) mass is 537 g/mol. The highest BCUT2D eigenvalue weighted by Gasteiger charge is 2.28. The van der Waals surface area contributed by atoms with E-state index < -0.39 is 11.9 Å². The zero-order valence-corrected chi connectivity index (χ0v) is 22.6. The van der Waals surface area contributed by atoms with Gasteiger partial charge in [0, 0.05) is 47.6 Å². The number of aromatic nitrogens is 1. The van der Waals surface area contributed by atoms with Gasteiger partial charge in [-0.3, -0.25) is 14.4 Å². The van der Waals surface area contributed by atoms with E-state index in [2.05, 4.69) is 5.32 Å². The molecule has 2 amide bonds. The number of carbonyl (C=O) groups excluding carboxylic acids is 2. The van der Waals surface area contributed by atoms with Gasteiger partial charge < -0.3 is 25.1 Å². The third-order valence-electron chi connectivity index (χ3n) is 6.89. The van der Waals surface area contributed by atoms with Crippen molar-refractivity contribution < 1.29 is 19.1 Å². The topological polar surface area (TPSA) is 113 Å². The molecule has 1 aromatic heterocycles. The largest absolute Gasteiger partial charge is 0.382 e. The minimum atomic E-state index is -0.868. The van der Waals surface area contributed by atoms with Crippen LogP contribution in [-0.4, -0.2) is 35.7 Å². The Balaban J connectivity index is 1.79. The number of hydrogen-bond acceptors (Lipinski definition) is 5. The summed E-state index contributed by atoms with van der Waals surface area (Å²) in [7, 11) is 1.56. The number of primary amides is 1. The van der Waals surface area contributed by atoms with E-state index in [1.165, 1.54) is 16.7 Å². The molecule has 0 aliphatic carbocycles. The summed E-state index contributed by atoms with van der Waals surface area (Å²) in [5.41, 5.74) is 9.24. The molecule has 0 spiro atoms. The molecule has 4 unspecified atom stereocenters. The highest BCUT2D eigenvalue weighted by molar-refractivity contribution is 6.30. The van der Waals surface area contributed by atoms with Crippen LogP contribution in [0.5, 0.6) is 0 Å². The van der Waals surface area contributed by atoms with Crippen molar-refractivity contribution in [2.75, 3.05) is 12.4 Å². The number of nitrogens with zero attached hydrogens (tertiary/aromatic N) is 1. The van der Waals surface area contributed by atoms with Crippen LogP contribution in [0, 0.1) is 0 Å². The van der Waals surface area contributed by atoms with Crippen LogP contribution >= 0.6 is 11.6 Å². The van der Waals surface area contributed by atoms with Crippen molar-refractivity contribution in [2.45, 2.75) is 58.0 Å². The number of carbonyl (C=O) groups is 2. The molecule has 0 saturated heterocycles. The molecule has 4 rings (SSSR count). The SMILES string of the molecule is COC(C)CC(C(=O)Nc1ccc(C(N)=O)cc1)n1cc2c(cc1=O)-c1cc(Cl)ccc1CC(C)OC2C. The van der Waals surface area contributed by atoms with Gasteiger partial charge in [-0.25, -0.2) is 0 Å². The predicted molar refractivity (Wildman–Crippen MR) is 148 cm³/mol. The maximum absolute atomic E-state index is 13.6. The van der Waals surface area contributed by atoms with Crippen molar-refractivity contribution in [3.8, 4) is 11.1 Å². The first-order valence-corrected chi connectivity index (χ1v) is 12.9. The molecular formula is C29H32ClN3O5. The lowest BCUT2D eigenvalue weighted by molar-refractivity contribution is -0.120. The van der Waals surface area contributed by atoms with Gasteiger partial charge in [-0.2, -0.15) is 0 Å². The van der Waals surface area contributed by atoms with E-state index in [-0.39, 0.29) is 36.2 Å². The van der Waals surface area contributed by atoms with Crippen molar-refractivity contribution in [2.24, 2.45) is 5.73 Å². The van der Waals surface area contributed by atoms with Crippen LogP contribution in [-0.2, 0) is 20.7 Å². The lowest BCUT2D eigenvalue weighted by Crippen LogP contribution is -2.36. The normalized spacial score (nSPS) is 18.3. The number of nitrogens with two attached hydrogens (primary N) is 1. The Morgan fingerprint density at radius 3 is 2.53 bits per heavy atom. The number of nitrogens with one attached hydrogen (secondary N) is 1. The van der Waals surface area contributed by atoms with Crippen molar-refractivity contribution in [3.63, 3.8) is 0 Å². The molecule has 38 heavy (non-hydrogen) atoms. The second kappa shape index (κ2) is 11.5. The molecule has 1 aliphatic rings. The van der Waals surface area contributed by atoms with Crippen LogP contribution in [0.2, 0.25) is 5.02 Å². The molecule has 2 aromatic carbocycles. The van der Waals surface area contributed by atoms with E-state index in [4.69, 9.17) is 26.8 Å². The molecule has 4 atom stereocenters. The molecule has 3 N–H and O–H groups in total. The molecule has 2 heterocycles. The highest BCUT2D eigenvalue weighted by atomic mass is 35.5. The van der Waals surface area contributed by atoms with Gasteiger partial charge in [0.25, 0.3) is 5.56 Å². The van der Waals surface area contributed by atoms with Gasteiger partial charge in [-0.05, 0) is 80.3 Å². The van der Waals surface area contributed by atoms with Crippen LogP contribution in [0.3, 0.4) is 0 Å². The van der Waals surface area contributed by atoms with Crippen molar-refractivity contribution in [1.82, 2.24) is 4.57 Å². The number of halogens is 1. The molecular weight excluding hydrogens is 506 g/mol. The van der Waals surface area contributed by atoms with E-state index in [1.54, 1.807) is 31.5 Å². The van der Waals surface area contributed by atoms with Crippen LogP contribution in [0.1, 0.15) is 60.8 Å². The summed E-state index contributed by atoms with van der Waals surface area (Å²) in [6.45, 7) is 5.79. The fourth-order valence-electron chi connectivity index (χ4n) is 4.82. The quantitative estimate of drug-likeness (QED) is 0.445. The van der Waals surface area contributed by atoms with Crippen LogP contribution < -0.4 is 16.6 Å². The van der Waals surface area contributed by atoms with Crippen molar-refractivity contribution in [3.05, 3.63) is 86.8 Å². The number of anilines is 1. The number of ether oxygens (including phenoxy) is 2. The van der Waals surface area contributed by atoms with Crippen LogP contribution in [0.4, 0.5) is 5.69 Å². The standard InChI is InChI=1S/C29H32ClN3O5/c1-16(37-4)12-26(29(36)32-22-9-6-19(7-10-22)28(31)35)33-15-25-18(3)38-17(2)11-20-5-8-21(30)13-23(20)24(25)14-27(33)34/h5-10,13-18,26H,11-12H2,1-4H3,(H2,31,35)(H,32,36). The van der Waals surface area contributed by atoms with Gasteiger partial charge in [0.05, 0.1) is 18.3 Å². The minimum Gasteiger partial charge on any atom is -0.382 e. The average molecular weight is 538 g/mol. The third kappa shape index (κ3) is 5.99. The summed E-state index contributed by atoms with van der Waals surface area (Å²) in [5.74, 6) is -0.950. The second-order valence-corrected chi connectivity index (χ2v) is 10.1. The third-order valence-corrected chi connectivity index (χ3v) is 7.12. The Morgan fingerprint density at radius 2 is 1.87 bits per heavy atom. The molecule has 0 saturated carbocycles. The van der Waals surface area contributed by atoms with E-state index >= 15 is 0 Å². The first-order valence-electron chi connectivity index (χ1n) is 12.5. The van der Waals surface area contributed by atoms with Crippen LogP contribution in [0.25, 0.3) is 11.1 Å². The molecule has 3 aromatic rings. The van der Waals surface area contributed by atoms with Crippen molar-refractivity contribution >= 4 is 29.1 Å². The molecule has 9 heteroatoms. The lowest BCUT2D eigenvalue weighted by atomic mass is 9.90. The van der Waals surface area contributed by atoms with Gasteiger partial charge in [-0.1, -0.05) is 17.7 Å². The first-order chi connectivity index (χ1) is 18.1. The fraction of sp³-hybridized carbons (Fsp3) is 0.345. The Labute approximate surface area is 226 Å². The maximum atomic E-state index is 13.6. The summed E-state index contributed by atoms with van der Waals surface area (Å²) < 4.78 is 13.1. The molecule has 200 valence electrons. The summed E-state index contributed by atoms with van der Waals surface area (Å²) in [4.78, 5) is 38.5. The number of pyridine rings is 1. The Hall–Kier alpha value is -3.46. The van der Waals surface area contributed by atoms with Crippen molar-refractivity contribution in [1.29, 1.82) is 0 Å². The Kier molecular flexibility index (Phi) is 8.35. The zero-order valence-electron chi connectivity index (χ0n) is 21.9. The second-order valence-electron chi connectivity index (χ2n) is 9.71. The van der Waals surface area contributed by atoms with E-state index in [1.807, 2.05) is 39.0 Å². The number of fused-ring (bicyclic) bond motifs is 3. The zero-order chi connectivity index (χ0) is 27.6. The summed E-state index contributed by atoms with van der Waals surface area (Å²) in [5, 5.41) is 3.43. The van der Waals surface area contributed by atoms with Gasteiger partial charge in [-0.15, -0.1) is 0 Å². The molecule has 8 nitrogen and oxygen atoms in total. The number of methoxy groups -OCH3 is 1. The predicted octanol–water partition coefficient (Wildman–Crippen LogP) is 4.89. The lowest BCUT2D eigenvalue weighted by Gasteiger charge is -2.29. The number of rotatable bonds is 7. The minimum absolute atomic E-state index is 0.0607. The maximum Gasteiger partial charge on any atom is 0.251 e. The number of amides is 2. The van der Waals surface area contributed by atoms with Gasteiger partial charge in [0.1, 0.15) is 6.04 Å². The summed E-state index contributed by atoms with van der Waals surface area (Å²) in [6, 6.07) is 12.6. The fourth-order valence-corrected chi connectivity index (χ4v) is 5.00. The summed E-state index contributed by atoms with van der Waals surface area (Å²) >= 11 is 6.34. The Morgan fingerprint density at radius 1 is 1.16 bits per heavy atom. The highest BCUT2D eigenvalue weighted by Crippen LogP contribution is 2.37. The van der Waals surface area contributed by atoms with E-state index in [9.17, 15) is 14.4 Å². The molecule has 0 fully saturated rings. The molecule has 1 aliphatic heterocycles. The number of hydrogen-bond donors (Lipinski definition) is 2. The molecule has 0 radical (unpaired) electrons. The first kappa shape index (κ1) is 27.6.